The fraction of sp³-hybridized carbons (Fsp3) is 0.562. The van der Waals surface area contributed by atoms with Crippen molar-refractivity contribution in [3.8, 4) is 0 Å². The van der Waals surface area contributed by atoms with Gasteiger partial charge in [0.2, 0.25) is 11.8 Å². The Morgan fingerprint density at radius 2 is 2.26 bits per heavy atom. The van der Waals surface area contributed by atoms with E-state index in [1.54, 1.807) is 12.0 Å². The van der Waals surface area contributed by atoms with Gasteiger partial charge < -0.3 is 15.0 Å². The Hall–Kier alpha value is -1.73. The van der Waals surface area contributed by atoms with E-state index in [9.17, 15) is 9.59 Å². The van der Waals surface area contributed by atoms with Gasteiger partial charge in [-0.3, -0.25) is 9.59 Å². The maximum Gasteiger partial charge on any atom is 0.245 e. The summed E-state index contributed by atoms with van der Waals surface area (Å²) in [5.41, 5.74) is 0.849. The van der Waals surface area contributed by atoms with Crippen LogP contribution in [-0.2, 0) is 20.9 Å². The van der Waals surface area contributed by atoms with Crippen molar-refractivity contribution in [1.82, 2.24) is 15.2 Å². The SMILES string of the molecule is C=CC(=O)N1CCC(C(=O)NCc2csc(C(C)OC)n2)CC1. The van der Waals surface area contributed by atoms with E-state index in [4.69, 9.17) is 4.74 Å². The molecule has 0 radical (unpaired) electrons. The van der Waals surface area contributed by atoms with E-state index in [-0.39, 0.29) is 23.8 Å². The summed E-state index contributed by atoms with van der Waals surface area (Å²) in [6.07, 6.45) is 2.67. The van der Waals surface area contributed by atoms with Gasteiger partial charge in [-0.25, -0.2) is 4.98 Å². The number of likely N-dealkylation sites (tertiary alicyclic amines) is 1. The van der Waals surface area contributed by atoms with Crippen LogP contribution in [0.4, 0.5) is 0 Å². The van der Waals surface area contributed by atoms with E-state index in [1.807, 2.05) is 12.3 Å². The average molecular weight is 337 g/mol. The lowest BCUT2D eigenvalue weighted by Crippen LogP contribution is -2.42. The van der Waals surface area contributed by atoms with E-state index in [1.165, 1.54) is 17.4 Å². The van der Waals surface area contributed by atoms with Crippen LogP contribution in [-0.4, -0.2) is 41.9 Å². The molecule has 1 aromatic rings. The summed E-state index contributed by atoms with van der Waals surface area (Å²) in [6, 6.07) is 0. The number of thiazole rings is 1. The number of ether oxygens (including phenoxy) is 1. The van der Waals surface area contributed by atoms with E-state index in [0.717, 1.165) is 10.7 Å². The number of hydrogen-bond donors (Lipinski definition) is 1. The lowest BCUT2D eigenvalue weighted by Gasteiger charge is -2.30. The number of methoxy groups -OCH3 is 1. The van der Waals surface area contributed by atoms with Crippen LogP contribution in [0.25, 0.3) is 0 Å². The Morgan fingerprint density at radius 1 is 1.57 bits per heavy atom. The first-order valence-electron chi connectivity index (χ1n) is 7.71. The summed E-state index contributed by atoms with van der Waals surface area (Å²) in [7, 11) is 1.65. The quantitative estimate of drug-likeness (QED) is 0.805. The second kappa shape index (κ2) is 8.21. The topological polar surface area (TPSA) is 71.5 Å². The lowest BCUT2D eigenvalue weighted by atomic mass is 9.96. The van der Waals surface area contributed by atoms with Crippen LogP contribution in [0.15, 0.2) is 18.0 Å². The molecule has 0 bridgehead atoms. The van der Waals surface area contributed by atoms with E-state index in [2.05, 4.69) is 16.9 Å². The Bertz CT molecular complexity index is 565. The summed E-state index contributed by atoms with van der Waals surface area (Å²) in [4.78, 5) is 29.9. The number of carbonyl (C=O) groups excluding carboxylic acids is 2. The number of hydrogen-bond acceptors (Lipinski definition) is 5. The summed E-state index contributed by atoms with van der Waals surface area (Å²) < 4.78 is 5.23. The first-order chi connectivity index (χ1) is 11.0. The second-order valence-corrected chi connectivity index (χ2v) is 6.47. The zero-order valence-corrected chi connectivity index (χ0v) is 14.4. The van der Waals surface area contributed by atoms with Crippen LogP contribution >= 0.6 is 11.3 Å². The molecule has 1 N–H and O–H groups in total. The Labute approximate surface area is 140 Å². The summed E-state index contributed by atoms with van der Waals surface area (Å²) in [6.45, 7) is 7.07. The van der Waals surface area contributed by atoms with Gasteiger partial charge >= 0.3 is 0 Å². The Balaban J connectivity index is 1.78. The normalized spacial score (nSPS) is 16.9. The highest BCUT2D eigenvalue weighted by atomic mass is 32.1. The van der Waals surface area contributed by atoms with Gasteiger partial charge in [0.05, 0.1) is 12.2 Å². The zero-order chi connectivity index (χ0) is 16.8. The van der Waals surface area contributed by atoms with Crippen molar-refractivity contribution in [3.63, 3.8) is 0 Å². The maximum atomic E-state index is 12.2. The third-order valence-electron chi connectivity index (χ3n) is 4.07. The number of amides is 2. The summed E-state index contributed by atoms with van der Waals surface area (Å²) in [5.74, 6) is -0.0731. The number of aromatic nitrogens is 1. The summed E-state index contributed by atoms with van der Waals surface area (Å²) in [5, 5.41) is 5.79. The van der Waals surface area contributed by atoms with Crippen LogP contribution in [0.5, 0.6) is 0 Å². The Morgan fingerprint density at radius 3 is 2.87 bits per heavy atom. The summed E-state index contributed by atoms with van der Waals surface area (Å²) >= 11 is 1.53. The molecule has 2 heterocycles. The molecular weight excluding hydrogens is 314 g/mol. The molecule has 1 fully saturated rings. The molecule has 0 spiro atoms. The molecule has 6 nitrogen and oxygen atoms in total. The highest BCUT2D eigenvalue weighted by molar-refractivity contribution is 7.09. The maximum absolute atomic E-state index is 12.2. The first-order valence-corrected chi connectivity index (χ1v) is 8.59. The number of piperidine rings is 1. The molecule has 23 heavy (non-hydrogen) atoms. The van der Waals surface area contributed by atoms with Crippen LogP contribution in [0, 0.1) is 5.92 Å². The highest BCUT2D eigenvalue weighted by Gasteiger charge is 2.26. The average Bonchev–Trinajstić information content (AvgIpc) is 3.07. The minimum atomic E-state index is -0.0638. The van der Waals surface area contributed by atoms with Gasteiger partial charge in [-0.2, -0.15) is 0 Å². The van der Waals surface area contributed by atoms with Gasteiger partial charge in [-0.1, -0.05) is 6.58 Å². The van der Waals surface area contributed by atoms with Crippen molar-refractivity contribution in [2.24, 2.45) is 5.92 Å². The van der Waals surface area contributed by atoms with E-state index < -0.39 is 0 Å². The third kappa shape index (κ3) is 4.62. The van der Waals surface area contributed by atoms with Crippen LogP contribution in [0.1, 0.15) is 36.6 Å². The van der Waals surface area contributed by atoms with Gasteiger partial charge in [-0.05, 0) is 25.8 Å². The molecule has 1 unspecified atom stereocenters. The predicted molar refractivity (Wildman–Crippen MR) is 88.9 cm³/mol. The largest absolute Gasteiger partial charge is 0.375 e. The first kappa shape index (κ1) is 17.6. The number of rotatable bonds is 6. The standard InChI is InChI=1S/C16H23N3O3S/c1-4-14(20)19-7-5-12(6-8-19)15(21)17-9-13-10-23-16(18-13)11(2)22-3/h4,10-12H,1,5-9H2,2-3H3,(H,17,21). The van der Waals surface area contributed by atoms with Crippen molar-refractivity contribution in [2.45, 2.75) is 32.4 Å². The predicted octanol–water partition coefficient (Wildman–Crippen LogP) is 1.89. The molecule has 1 aliphatic rings. The zero-order valence-electron chi connectivity index (χ0n) is 13.6. The molecule has 1 aliphatic heterocycles. The third-order valence-corrected chi connectivity index (χ3v) is 5.12. The fourth-order valence-electron chi connectivity index (χ4n) is 2.50. The smallest absolute Gasteiger partial charge is 0.245 e. The molecular formula is C16H23N3O3S. The van der Waals surface area contributed by atoms with Crippen LogP contribution in [0.3, 0.4) is 0 Å². The van der Waals surface area contributed by atoms with Crippen molar-refractivity contribution in [2.75, 3.05) is 20.2 Å². The molecule has 2 amide bonds. The van der Waals surface area contributed by atoms with Crippen LogP contribution < -0.4 is 5.32 Å². The second-order valence-electron chi connectivity index (χ2n) is 5.58. The molecule has 0 aliphatic carbocycles. The van der Waals surface area contributed by atoms with Gasteiger partial charge in [-0.15, -0.1) is 11.3 Å². The van der Waals surface area contributed by atoms with E-state index >= 15 is 0 Å². The molecule has 1 saturated heterocycles. The number of nitrogens with one attached hydrogen (secondary N) is 1. The number of nitrogens with zero attached hydrogens (tertiary/aromatic N) is 2. The van der Waals surface area contributed by atoms with Gasteiger partial charge in [0.15, 0.2) is 0 Å². The van der Waals surface area contributed by atoms with Gasteiger partial charge in [0.1, 0.15) is 11.1 Å². The van der Waals surface area contributed by atoms with Gasteiger partial charge in [0.25, 0.3) is 0 Å². The van der Waals surface area contributed by atoms with Crippen LogP contribution in [0.2, 0.25) is 0 Å². The molecule has 1 atom stereocenters. The van der Waals surface area contributed by atoms with Crippen molar-refractivity contribution >= 4 is 23.2 Å². The van der Waals surface area contributed by atoms with Crippen molar-refractivity contribution < 1.29 is 14.3 Å². The van der Waals surface area contributed by atoms with Gasteiger partial charge in [0, 0.05) is 31.5 Å². The minimum absolute atomic E-state index is 0.0313. The fourth-order valence-corrected chi connectivity index (χ4v) is 3.36. The molecule has 1 aromatic heterocycles. The molecule has 2 rings (SSSR count). The molecule has 7 heteroatoms. The van der Waals surface area contributed by atoms with Crippen molar-refractivity contribution in [3.05, 3.63) is 28.7 Å². The molecule has 0 saturated carbocycles. The molecule has 0 aromatic carbocycles. The van der Waals surface area contributed by atoms with Crippen molar-refractivity contribution in [1.29, 1.82) is 0 Å². The Kier molecular flexibility index (Phi) is 6.29. The highest BCUT2D eigenvalue weighted by Crippen LogP contribution is 2.21. The monoisotopic (exact) mass is 337 g/mol. The lowest BCUT2D eigenvalue weighted by molar-refractivity contribution is -0.132. The van der Waals surface area contributed by atoms with E-state index in [0.29, 0.717) is 32.5 Å². The number of carbonyl (C=O) groups is 2. The minimum Gasteiger partial charge on any atom is -0.375 e. The molecule has 126 valence electrons.